The maximum absolute atomic E-state index is 6.57. The smallest absolute Gasteiger partial charge is 0.235 e. The summed E-state index contributed by atoms with van der Waals surface area (Å²) in [7, 11) is 0. The first-order chi connectivity index (χ1) is 64.5. The van der Waals surface area contributed by atoms with Crippen molar-refractivity contribution in [1.82, 2.24) is 43.6 Å². The van der Waals surface area contributed by atoms with Crippen LogP contribution in [0.5, 0.6) is 0 Å². The van der Waals surface area contributed by atoms with Gasteiger partial charge in [-0.15, -0.1) is 11.3 Å². The Morgan fingerprint density at radius 3 is 0.777 bits per heavy atom. The van der Waals surface area contributed by atoms with Gasteiger partial charge in [0.15, 0.2) is 0 Å². The van der Waals surface area contributed by atoms with Crippen LogP contribution in [0.4, 0.5) is 0 Å². The van der Waals surface area contributed by atoms with Crippen LogP contribution in [-0.4, -0.2) is 43.6 Å². The Labute approximate surface area is 733 Å². The lowest BCUT2D eigenvalue weighted by Gasteiger charge is -2.11. The van der Waals surface area contributed by atoms with E-state index >= 15 is 0 Å². The number of aromatic nitrogens is 9. The van der Waals surface area contributed by atoms with Crippen LogP contribution >= 0.6 is 11.3 Å². The standard InChI is InChI=1S/C38H17N3O3.C38H19N3O2.C38H19N3OS/c1-2-6-18(7-3-1)37-19-8-4-5-9-20(19)39-38(40-37)41-21-10-12-23-31-29(21)30-22(41)11-13-24-32(30)34-26(43-24)15-17-28-36(34)35-27(44-28)16-14-25(42-23)33(31)35;1-2-8-20(9-3-1)37-23-10-4-5-13-24(23)39-38(40-37)41-25-14-6-11-21-22-12-7-15-27-32(22)34-29(42-27)18-19-30-36(34)35-28(43-30)17-16-26(41)33(35)31(21)25;1-2-8-20(9-3-1)37-23-10-4-5-13-24(23)39-38(40-37)41-25-14-6-11-21-22-12-7-15-29-32(22)36-30(43-29)19-18-28-35(36)34-27(42-28)17-16-26(41)33(34)31(21)25/h1-17H;2*1-19H. The van der Waals surface area contributed by atoms with E-state index in [4.69, 9.17) is 56.4 Å². The molecule has 598 valence electrons. The molecule has 0 aliphatic rings. The number of rotatable bonds is 6. The predicted molar refractivity (Wildman–Crippen MR) is 528 cm³/mol. The summed E-state index contributed by atoms with van der Waals surface area (Å²) in [5.74, 6) is 1.93. The Morgan fingerprint density at radius 2 is 0.408 bits per heavy atom. The fourth-order valence-electron chi connectivity index (χ4n) is 22.7. The van der Waals surface area contributed by atoms with Crippen LogP contribution in [0.1, 0.15) is 0 Å². The highest BCUT2D eigenvalue weighted by Crippen LogP contribution is 2.57. The molecular formula is C114H55N9O6S. The summed E-state index contributed by atoms with van der Waals surface area (Å²) in [6, 6.07) is 116. The van der Waals surface area contributed by atoms with Crippen molar-refractivity contribution < 1.29 is 26.5 Å². The fraction of sp³-hybridized carbons (Fsp3) is 0. The molecule has 21 aromatic carbocycles. The van der Waals surface area contributed by atoms with Gasteiger partial charge in [-0.1, -0.05) is 194 Å². The quantitative estimate of drug-likeness (QED) is 0.155. The summed E-state index contributed by atoms with van der Waals surface area (Å²) in [5, 5.41) is 30.7. The molecule has 0 aliphatic carbocycles. The molecule has 0 amide bonds. The molecule has 0 aliphatic heterocycles. The van der Waals surface area contributed by atoms with Gasteiger partial charge in [0.25, 0.3) is 0 Å². The van der Waals surface area contributed by atoms with Crippen LogP contribution in [-0.2, 0) is 0 Å². The zero-order valence-corrected chi connectivity index (χ0v) is 69.0. The van der Waals surface area contributed by atoms with E-state index in [2.05, 4.69) is 262 Å². The number of para-hydroxylation sites is 3. The van der Waals surface area contributed by atoms with Crippen LogP contribution in [0.3, 0.4) is 0 Å². The number of thiophene rings is 1. The molecule has 15 nitrogen and oxygen atoms in total. The van der Waals surface area contributed by atoms with Crippen molar-refractivity contribution in [2.24, 2.45) is 0 Å². The molecule has 0 N–H and O–H groups in total. The zero-order valence-electron chi connectivity index (χ0n) is 68.1. The molecule has 0 saturated heterocycles. The number of nitrogens with zero attached hydrogens (tertiary/aromatic N) is 9. The van der Waals surface area contributed by atoms with Crippen LogP contribution < -0.4 is 0 Å². The number of fused-ring (bicyclic) bond motifs is 5. The molecule has 0 atom stereocenters. The minimum atomic E-state index is 0.623. The van der Waals surface area contributed by atoms with Crippen LogP contribution in [0, 0.1) is 0 Å². The molecule has 34 aromatic rings. The van der Waals surface area contributed by atoms with E-state index < -0.39 is 0 Å². The maximum atomic E-state index is 6.57. The average Bonchev–Trinajstić information content (AvgIpc) is 1.51. The molecule has 13 heterocycles. The Kier molecular flexibility index (Phi) is 12.7. The van der Waals surface area contributed by atoms with Crippen molar-refractivity contribution in [2.75, 3.05) is 0 Å². The summed E-state index contributed by atoms with van der Waals surface area (Å²) < 4.78 is 48.3. The van der Waals surface area contributed by atoms with Gasteiger partial charge in [-0.2, -0.15) is 0 Å². The second kappa shape index (κ2) is 24.3. The van der Waals surface area contributed by atoms with Crippen molar-refractivity contribution in [2.45, 2.75) is 0 Å². The first-order valence-corrected chi connectivity index (χ1v) is 44.3. The second-order valence-corrected chi connectivity index (χ2v) is 35.4. The van der Waals surface area contributed by atoms with Gasteiger partial charge in [0.1, 0.15) is 67.0 Å². The van der Waals surface area contributed by atoms with Gasteiger partial charge in [-0.3, -0.25) is 13.7 Å². The van der Waals surface area contributed by atoms with E-state index in [-0.39, 0.29) is 0 Å². The molecule has 0 saturated carbocycles. The van der Waals surface area contributed by atoms with E-state index in [0.717, 1.165) is 247 Å². The van der Waals surface area contributed by atoms with Gasteiger partial charge in [-0.05, 0) is 161 Å². The normalized spacial score (nSPS) is 12.8. The SMILES string of the molecule is c1ccc(-c2nc(-n3c4ccc5oc6ccc7oc8ccc9oc%10ccc3c3c%10c9c8c7c6c5c34)nc3ccccc23)cc1.c1ccc(-c2nc(-n3c4cccc5c6cccc7oc8ccc9oc%10ccc3c(c%10c9c8c76)c54)nc3ccccc23)cc1.c1ccc(-c2nc(-n3c4cccc5c6cccc7sc8ccc9oc%10ccc3c(c%10c9c8c76)c54)nc3ccccc23)cc1. The maximum Gasteiger partial charge on any atom is 0.235 e. The van der Waals surface area contributed by atoms with E-state index in [1.807, 2.05) is 96.3 Å². The van der Waals surface area contributed by atoms with Gasteiger partial charge in [0, 0.05) is 150 Å². The minimum Gasteiger partial charge on any atom is -0.456 e. The second-order valence-electron chi connectivity index (χ2n) is 34.3. The molecular weight excluding hydrogens is 1620 g/mol. The van der Waals surface area contributed by atoms with Gasteiger partial charge in [0.05, 0.1) is 66.7 Å². The van der Waals surface area contributed by atoms with Crippen molar-refractivity contribution >= 4 is 283 Å². The molecule has 0 radical (unpaired) electrons. The van der Waals surface area contributed by atoms with Crippen molar-refractivity contribution in [3.63, 3.8) is 0 Å². The Morgan fingerprint density at radius 1 is 0.162 bits per heavy atom. The fourth-order valence-corrected chi connectivity index (χ4v) is 23.9. The van der Waals surface area contributed by atoms with Crippen molar-refractivity contribution in [3.8, 4) is 51.6 Å². The molecule has 13 aromatic heterocycles. The number of benzene rings is 18. The Balaban J connectivity index is 0.0000000906. The summed E-state index contributed by atoms with van der Waals surface area (Å²) in [6.45, 7) is 0. The first kappa shape index (κ1) is 67.8. The minimum absolute atomic E-state index is 0.623. The van der Waals surface area contributed by atoms with Gasteiger partial charge in [-0.25, -0.2) is 29.9 Å². The largest absolute Gasteiger partial charge is 0.456 e. The summed E-state index contributed by atoms with van der Waals surface area (Å²) >= 11 is 1.86. The topological polar surface area (TPSA) is 171 Å². The Bertz CT molecular complexity index is 10300. The van der Waals surface area contributed by atoms with E-state index in [0.29, 0.717) is 17.8 Å². The third kappa shape index (κ3) is 8.63. The molecule has 0 fully saturated rings. The third-order valence-corrected chi connectivity index (χ3v) is 28.9. The first-order valence-electron chi connectivity index (χ1n) is 43.5. The molecule has 0 unspecified atom stereocenters. The average molecular weight is 1680 g/mol. The molecule has 130 heavy (non-hydrogen) atoms. The lowest BCUT2D eigenvalue weighted by molar-refractivity contribution is 0.660. The van der Waals surface area contributed by atoms with Crippen LogP contribution in [0.2, 0.25) is 0 Å². The highest BCUT2D eigenvalue weighted by atomic mass is 32.1. The molecule has 16 heteroatoms. The van der Waals surface area contributed by atoms with Crippen molar-refractivity contribution in [3.05, 3.63) is 334 Å². The third-order valence-electron chi connectivity index (χ3n) is 27.8. The summed E-state index contributed by atoms with van der Waals surface area (Å²) in [5.41, 5.74) is 25.3. The molecule has 0 spiro atoms. The lowest BCUT2D eigenvalue weighted by Crippen LogP contribution is -2.03. The van der Waals surface area contributed by atoms with Crippen LogP contribution in [0.25, 0.3) is 323 Å². The summed E-state index contributed by atoms with van der Waals surface area (Å²) in [4.78, 5) is 31.4. The monoisotopic (exact) mass is 1680 g/mol. The number of hydrogen-bond donors (Lipinski definition) is 0. The van der Waals surface area contributed by atoms with Crippen LogP contribution in [0.15, 0.2) is 360 Å². The van der Waals surface area contributed by atoms with E-state index in [1.165, 1.54) is 57.9 Å². The predicted octanol–water partition coefficient (Wildman–Crippen LogP) is 31.3. The molecule has 34 rings (SSSR count). The van der Waals surface area contributed by atoms with Gasteiger partial charge < -0.3 is 26.5 Å². The van der Waals surface area contributed by atoms with Gasteiger partial charge >= 0.3 is 0 Å². The van der Waals surface area contributed by atoms with E-state index in [1.54, 1.807) is 0 Å². The Hall–Kier alpha value is -17.6. The number of hydrogen-bond acceptors (Lipinski definition) is 13. The van der Waals surface area contributed by atoms with Crippen molar-refractivity contribution in [1.29, 1.82) is 0 Å². The molecule has 0 bridgehead atoms. The highest BCUT2D eigenvalue weighted by molar-refractivity contribution is 7.26. The lowest BCUT2D eigenvalue weighted by atomic mass is 9.95. The van der Waals surface area contributed by atoms with Gasteiger partial charge in [0.2, 0.25) is 17.8 Å². The van der Waals surface area contributed by atoms with E-state index in [9.17, 15) is 0 Å². The highest BCUT2D eigenvalue weighted by Gasteiger charge is 2.34. The summed E-state index contributed by atoms with van der Waals surface area (Å²) in [6.07, 6.45) is 0. The number of furan rings is 6. The zero-order chi connectivity index (χ0) is 83.9.